The predicted octanol–water partition coefficient (Wildman–Crippen LogP) is 17.6. The second-order valence-electron chi connectivity index (χ2n) is 20.7. The van der Waals surface area contributed by atoms with Crippen molar-refractivity contribution in [2.24, 2.45) is 0 Å². The number of rotatable bonds is 55. The van der Waals surface area contributed by atoms with Crippen LogP contribution < -0.4 is 5.32 Å². The van der Waals surface area contributed by atoms with E-state index in [0.717, 1.165) is 51.4 Å². The number of unbranched alkanes of at least 4 members (excludes halogenated alkanes) is 40. The van der Waals surface area contributed by atoms with Crippen molar-refractivity contribution in [2.75, 3.05) is 6.61 Å². The molecule has 4 atom stereocenters. The van der Waals surface area contributed by atoms with Crippen molar-refractivity contribution in [3.63, 3.8) is 0 Å². The minimum Gasteiger partial charge on any atom is -0.394 e. The van der Waals surface area contributed by atoms with Gasteiger partial charge >= 0.3 is 0 Å². The van der Waals surface area contributed by atoms with E-state index >= 15 is 0 Å². The van der Waals surface area contributed by atoms with Crippen LogP contribution in [-0.2, 0) is 4.79 Å². The fourth-order valence-electron chi connectivity index (χ4n) is 9.38. The van der Waals surface area contributed by atoms with Crippen molar-refractivity contribution in [1.82, 2.24) is 5.32 Å². The highest BCUT2D eigenvalue weighted by Crippen LogP contribution is 2.18. The number of amides is 1. The summed E-state index contributed by atoms with van der Waals surface area (Å²) in [5, 5.41) is 44.0. The van der Waals surface area contributed by atoms with Crippen LogP contribution in [0, 0.1) is 0 Å². The average molecular weight is 945 g/mol. The highest BCUT2D eigenvalue weighted by atomic mass is 16.3. The summed E-state index contributed by atoms with van der Waals surface area (Å²) in [5.41, 5.74) is 0. The van der Waals surface area contributed by atoms with Crippen LogP contribution in [0.25, 0.3) is 0 Å². The molecule has 0 bridgehead atoms. The summed E-state index contributed by atoms with van der Waals surface area (Å²) in [6, 6.07) is -1.01. The van der Waals surface area contributed by atoms with Gasteiger partial charge in [0.15, 0.2) is 0 Å². The molecule has 0 heterocycles. The first-order valence-electron chi connectivity index (χ1n) is 29.9. The highest BCUT2D eigenvalue weighted by Gasteiger charge is 2.28. The predicted molar refractivity (Wildman–Crippen MR) is 293 cm³/mol. The van der Waals surface area contributed by atoms with Crippen LogP contribution in [0.5, 0.6) is 0 Å². The number of allylic oxidation sites excluding steroid dienone is 6. The van der Waals surface area contributed by atoms with Crippen molar-refractivity contribution in [3.8, 4) is 0 Å². The minimum atomic E-state index is -1.29. The van der Waals surface area contributed by atoms with Crippen LogP contribution in [0.15, 0.2) is 36.5 Å². The lowest BCUT2D eigenvalue weighted by atomic mass is 10.00. The first kappa shape index (κ1) is 65.5. The molecule has 1 amide bonds. The van der Waals surface area contributed by atoms with Crippen molar-refractivity contribution in [2.45, 2.75) is 340 Å². The quantitative estimate of drug-likeness (QED) is 0.0308. The van der Waals surface area contributed by atoms with Crippen LogP contribution in [0.2, 0.25) is 0 Å². The first-order valence-corrected chi connectivity index (χ1v) is 29.9. The van der Waals surface area contributed by atoms with Gasteiger partial charge in [-0.1, -0.05) is 288 Å². The molecule has 0 spiro atoms. The standard InChI is InChI=1S/C61H117NO5/c1-3-5-7-9-11-13-15-17-19-21-23-24-25-26-27-28-29-30-31-32-33-34-35-37-39-41-43-45-47-49-51-53-55-59(65)61(67)62-57(56-63)60(66)58(64)54-52-50-48-46-44-42-40-38-36-22-20-18-16-14-12-10-8-6-4-2/h18,20,38,40,46,48,57-60,63-66H,3-17,19,21-37,39,41-45,47,49-56H2,1-2H3,(H,62,67)/b20-18+,40-38+,48-46+. The van der Waals surface area contributed by atoms with Gasteiger partial charge in [-0.15, -0.1) is 0 Å². The molecule has 0 aromatic heterocycles. The third-order valence-electron chi connectivity index (χ3n) is 14.1. The molecule has 0 fully saturated rings. The van der Waals surface area contributed by atoms with E-state index in [9.17, 15) is 25.2 Å². The van der Waals surface area contributed by atoms with Crippen LogP contribution in [-0.4, -0.2) is 57.3 Å². The van der Waals surface area contributed by atoms with Gasteiger partial charge in [0.2, 0.25) is 5.91 Å². The zero-order chi connectivity index (χ0) is 48.8. The van der Waals surface area contributed by atoms with Crippen molar-refractivity contribution in [1.29, 1.82) is 0 Å². The zero-order valence-corrected chi connectivity index (χ0v) is 44.9. The van der Waals surface area contributed by atoms with Crippen LogP contribution in [0.4, 0.5) is 0 Å². The Balaban J connectivity index is 3.60. The summed E-state index contributed by atoms with van der Waals surface area (Å²) < 4.78 is 0. The number of hydrogen-bond acceptors (Lipinski definition) is 5. The number of nitrogens with one attached hydrogen (secondary N) is 1. The molecule has 0 radical (unpaired) electrons. The molecular weight excluding hydrogens is 827 g/mol. The molecule has 67 heavy (non-hydrogen) atoms. The minimum absolute atomic E-state index is 0.362. The number of aliphatic hydroxyl groups excluding tert-OH is 4. The van der Waals surface area contributed by atoms with Gasteiger partial charge in [-0.2, -0.15) is 0 Å². The van der Waals surface area contributed by atoms with E-state index in [4.69, 9.17) is 0 Å². The number of carbonyl (C=O) groups excluding carboxylic acids is 1. The lowest BCUT2D eigenvalue weighted by Gasteiger charge is -2.27. The van der Waals surface area contributed by atoms with E-state index in [0.29, 0.717) is 19.3 Å². The molecule has 0 aromatic carbocycles. The van der Waals surface area contributed by atoms with Gasteiger partial charge in [0.05, 0.1) is 18.8 Å². The molecule has 5 N–H and O–H groups in total. The normalized spacial score (nSPS) is 13.9. The third kappa shape index (κ3) is 49.3. The number of aliphatic hydroxyl groups is 4. The van der Waals surface area contributed by atoms with E-state index in [1.807, 2.05) is 0 Å². The summed E-state index contributed by atoms with van der Waals surface area (Å²) >= 11 is 0. The van der Waals surface area contributed by atoms with Gasteiger partial charge < -0.3 is 25.7 Å². The number of hydrogen-bond donors (Lipinski definition) is 5. The van der Waals surface area contributed by atoms with E-state index in [-0.39, 0.29) is 0 Å². The summed E-state index contributed by atoms with van der Waals surface area (Å²) in [5.74, 6) is -0.594. The second-order valence-corrected chi connectivity index (χ2v) is 20.7. The first-order chi connectivity index (χ1) is 33.0. The molecule has 0 aliphatic carbocycles. The Labute approximate surface area is 417 Å². The molecule has 6 nitrogen and oxygen atoms in total. The Kier molecular flexibility index (Phi) is 54.2. The van der Waals surface area contributed by atoms with E-state index in [1.165, 1.54) is 231 Å². The second kappa shape index (κ2) is 55.5. The van der Waals surface area contributed by atoms with Crippen LogP contribution in [0.3, 0.4) is 0 Å². The molecule has 0 aliphatic heterocycles. The smallest absolute Gasteiger partial charge is 0.249 e. The van der Waals surface area contributed by atoms with E-state index in [2.05, 4.69) is 55.6 Å². The summed E-state index contributed by atoms with van der Waals surface area (Å²) in [4.78, 5) is 12.6. The Morgan fingerprint density at radius 1 is 0.358 bits per heavy atom. The van der Waals surface area contributed by atoms with Crippen molar-refractivity contribution < 1.29 is 25.2 Å². The van der Waals surface area contributed by atoms with Crippen LogP contribution in [0.1, 0.15) is 316 Å². The third-order valence-corrected chi connectivity index (χ3v) is 14.1. The lowest BCUT2D eigenvalue weighted by Crippen LogP contribution is -2.53. The Hall–Kier alpha value is -1.47. The van der Waals surface area contributed by atoms with Gasteiger partial charge in [0, 0.05) is 0 Å². The molecule has 6 heteroatoms. The monoisotopic (exact) mass is 944 g/mol. The van der Waals surface area contributed by atoms with Crippen molar-refractivity contribution in [3.05, 3.63) is 36.5 Å². The molecule has 0 aromatic rings. The van der Waals surface area contributed by atoms with Gasteiger partial charge in [-0.05, 0) is 64.2 Å². The molecule has 396 valence electrons. The SMILES string of the molecule is CCCCCCCC/C=C/CC/C=C/CC/C=C/CCCC(O)C(O)C(CO)NC(=O)C(O)CCCCCCCCCCCCCCCCCCCCCCCCCCCCCCCCCC. The molecule has 0 aliphatic rings. The maximum atomic E-state index is 12.6. The largest absolute Gasteiger partial charge is 0.394 e. The maximum Gasteiger partial charge on any atom is 0.249 e. The Bertz CT molecular complexity index is 1060. The summed E-state index contributed by atoms with van der Waals surface area (Å²) in [6.45, 7) is 4.06. The van der Waals surface area contributed by atoms with E-state index < -0.39 is 36.9 Å². The molecular formula is C61H117NO5. The average Bonchev–Trinajstić information content (AvgIpc) is 3.33. The Morgan fingerprint density at radius 2 is 0.627 bits per heavy atom. The van der Waals surface area contributed by atoms with Crippen molar-refractivity contribution >= 4 is 5.91 Å². The fourth-order valence-corrected chi connectivity index (χ4v) is 9.38. The van der Waals surface area contributed by atoms with Gasteiger partial charge in [0.25, 0.3) is 0 Å². The van der Waals surface area contributed by atoms with Gasteiger partial charge in [0.1, 0.15) is 12.2 Å². The molecule has 4 unspecified atom stereocenters. The molecule has 0 saturated carbocycles. The lowest BCUT2D eigenvalue weighted by molar-refractivity contribution is -0.132. The van der Waals surface area contributed by atoms with Gasteiger partial charge in [-0.25, -0.2) is 0 Å². The Morgan fingerprint density at radius 3 is 0.940 bits per heavy atom. The summed E-state index contributed by atoms with van der Waals surface area (Å²) in [6.07, 6.45) is 69.5. The highest BCUT2D eigenvalue weighted by molar-refractivity contribution is 5.80. The van der Waals surface area contributed by atoms with Crippen LogP contribution >= 0.6 is 0 Å². The zero-order valence-electron chi connectivity index (χ0n) is 44.9. The van der Waals surface area contributed by atoms with E-state index in [1.54, 1.807) is 0 Å². The fraction of sp³-hybridized carbons (Fsp3) is 0.885. The molecule has 0 rings (SSSR count). The topological polar surface area (TPSA) is 110 Å². The molecule has 0 saturated heterocycles. The number of carbonyl (C=O) groups is 1. The van der Waals surface area contributed by atoms with Gasteiger partial charge in [-0.3, -0.25) is 4.79 Å². The summed E-state index contributed by atoms with van der Waals surface area (Å²) in [7, 11) is 0. The maximum absolute atomic E-state index is 12.6.